The van der Waals surface area contributed by atoms with Gasteiger partial charge in [0, 0.05) is 4.88 Å². The monoisotopic (exact) mass is 323 g/mol. The Balaban J connectivity index is 2.04. The fourth-order valence-electron chi connectivity index (χ4n) is 1.98. The Kier molecular flexibility index (Phi) is 4.98. The SMILES string of the molecule is CC(NC(=O)Cc1ccccc1C(=O)O)c1ccc(Cl)s1. The van der Waals surface area contributed by atoms with E-state index >= 15 is 0 Å². The van der Waals surface area contributed by atoms with Crippen molar-refractivity contribution in [3.8, 4) is 0 Å². The van der Waals surface area contributed by atoms with Crippen LogP contribution < -0.4 is 5.32 Å². The van der Waals surface area contributed by atoms with Crippen LogP contribution in [0.15, 0.2) is 36.4 Å². The van der Waals surface area contributed by atoms with Crippen molar-refractivity contribution in [2.75, 3.05) is 0 Å². The predicted molar refractivity (Wildman–Crippen MR) is 83.0 cm³/mol. The molecule has 1 atom stereocenters. The van der Waals surface area contributed by atoms with Crippen molar-refractivity contribution in [3.05, 3.63) is 56.7 Å². The van der Waals surface area contributed by atoms with Gasteiger partial charge in [-0.15, -0.1) is 11.3 Å². The molecule has 0 radical (unpaired) electrons. The number of benzene rings is 1. The van der Waals surface area contributed by atoms with E-state index in [1.807, 2.05) is 13.0 Å². The molecule has 0 bridgehead atoms. The van der Waals surface area contributed by atoms with Crippen LogP contribution in [-0.4, -0.2) is 17.0 Å². The van der Waals surface area contributed by atoms with Gasteiger partial charge in [-0.2, -0.15) is 0 Å². The number of thiophene rings is 1. The summed E-state index contributed by atoms with van der Waals surface area (Å²) in [5.74, 6) is -1.25. The fraction of sp³-hybridized carbons (Fsp3) is 0.200. The molecule has 0 aliphatic carbocycles. The molecular formula is C15H14ClNO3S. The largest absolute Gasteiger partial charge is 0.478 e. The van der Waals surface area contributed by atoms with E-state index in [-0.39, 0.29) is 23.9 Å². The lowest BCUT2D eigenvalue weighted by molar-refractivity contribution is -0.121. The molecule has 0 aliphatic heterocycles. The molecule has 4 nitrogen and oxygen atoms in total. The summed E-state index contributed by atoms with van der Waals surface area (Å²) >= 11 is 7.28. The van der Waals surface area contributed by atoms with Crippen molar-refractivity contribution in [3.63, 3.8) is 0 Å². The molecule has 110 valence electrons. The molecule has 1 aromatic heterocycles. The van der Waals surface area contributed by atoms with Crippen LogP contribution in [0.25, 0.3) is 0 Å². The number of carboxylic acids is 1. The number of carbonyl (C=O) groups excluding carboxylic acids is 1. The molecular weight excluding hydrogens is 310 g/mol. The lowest BCUT2D eigenvalue weighted by Crippen LogP contribution is -2.28. The summed E-state index contributed by atoms with van der Waals surface area (Å²) in [6.07, 6.45) is 0.0337. The van der Waals surface area contributed by atoms with E-state index in [9.17, 15) is 9.59 Å². The summed E-state index contributed by atoms with van der Waals surface area (Å²) in [5, 5.41) is 11.9. The van der Waals surface area contributed by atoms with Gasteiger partial charge in [0.15, 0.2) is 0 Å². The van der Waals surface area contributed by atoms with Crippen molar-refractivity contribution < 1.29 is 14.7 Å². The van der Waals surface area contributed by atoms with Crippen molar-refractivity contribution in [1.82, 2.24) is 5.32 Å². The molecule has 0 saturated carbocycles. The van der Waals surface area contributed by atoms with E-state index in [1.54, 1.807) is 24.3 Å². The maximum atomic E-state index is 12.0. The van der Waals surface area contributed by atoms with E-state index in [1.165, 1.54) is 17.4 Å². The van der Waals surface area contributed by atoms with Gasteiger partial charge in [-0.25, -0.2) is 4.79 Å². The molecule has 0 fully saturated rings. The maximum absolute atomic E-state index is 12.0. The van der Waals surface area contributed by atoms with Gasteiger partial charge in [-0.05, 0) is 30.7 Å². The number of carbonyl (C=O) groups is 2. The zero-order valence-corrected chi connectivity index (χ0v) is 12.9. The van der Waals surface area contributed by atoms with Crippen molar-refractivity contribution in [2.24, 2.45) is 0 Å². The van der Waals surface area contributed by atoms with Gasteiger partial charge in [0.1, 0.15) is 0 Å². The van der Waals surface area contributed by atoms with Crippen LogP contribution in [0.5, 0.6) is 0 Å². The van der Waals surface area contributed by atoms with E-state index in [4.69, 9.17) is 16.7 Å². The summed E-state index contributed by atoms with van der Waals surface area (Å²) in [6.45, 7) is 1.86. The molecule has 0 saturated heterocycles. The van der Waals surface area contributed by atoms with Crippen LogP contribution >= 0.6 is 22.9 Å². The molecule has 1 aromatic carbocycles. The lowest BCUT2D eigenvalue weighted by Gasteiger charge is -2.13. The normalized spacial score (nSPS) is 11.9. The topological polar surface area (TPSA) is 66.4 Å². The number of carboxylic acid groups (broad SMARTS) is 1. The molecule has 0 aliphatic rings. The molecule has 1 heterocycles. The summed E-state index contributed by atoms with van der Waals surface area (Å²) in [6, 6.07) is 9.99. The third-order valence-corrected chi connectivity index (χ3v) is 4.41. The van der Waals surface area contributed by atoms with Crippen molar-refractivity contribution >= 4 is 34.8 Å². The Morgan fingerprint density at radius 1 is 1.29 bits per heavy atom. The molecule has 6 heteroatoms. The first-order valence-electron chi connectivity index (χ1n) is 6.33. The number of amides is 1. The first kappa shape index (κ1) is 15.5. The standard InChI is InChI=1S/C15H14ClNO3S/c1-9(12-6-7-13(16)21-12)17-14(18)8-10-4-2-3-5-11(10)15(19)20/h2-7,9H,8H2,1H3,(H,17,18)(H,19,20). The van der Waals surface area contributed by atoms with Gasteiger partial charge >= 0.3 is 5.97 Å². The minimum atomic E-state index is -1.03. The Bertz CT molecular complexity index is 668. The zero-order valence-electron chi connectivity index (χ0n) is 11.3. The van der Waals surface area contributed by atoms with Crippen LogP contribution in [-0.2, 0) is 11.2 Å². The first-order valence-corrected chi connectivity index (χ1v) is 7.52. The van der Waals surface area contributed by atoms with Crippen LogP contribution in [0.2, 0.25) is 4.34 Å². The van der Waals surface area contributed by atoms with Crippen molar-refractivity contribution in [2.45, 2.75) is 19.4 Å². The average Bonchev–Trinajstić information content (AvgIpc) is 2.85. The number of nitrogens with one attached hydrogen (secondary N) is 1. The minimum absolute atomic E-state index is 0.0337. The highest BCUT2D eigenvalue weighted by Crippen LogP contribution is 2.26. The molecule has 2 N–H and O–H groups in total. The third kappa shape index (κ3) is 4.06. The summed E-state index contributed by atoms with van der Waals surface area (Å²) in [7, 11) is 0. The molecule has 2 rings (SSSR count). The van der Waals surface area contributed by atoms with Gasteiger partial charge in [0.25, 0.3) is 0 Å². The van der Waals surface area contributed by atoms with Crippen molar-refractivity contribution in [1.29, 1.82) is 0 Å². The highest BCUT2D eigenvalue weighted by Gasteiger charge is 2.15. The lowest BCUT2D eigenvalue weighted by atomic mass is 10.0. The first-order chi connectivity index (χ1) is 9.97. The van der Waals surface area contributed by atoms with Crippen LogP contribution in [0.1, 0.15) is 33.8 Å². The molecule has 1 unspecified atom stereocenters. The number of hydrogen-bond acceptors (Lipinski definition) is 3. The summed E-state index contributed by atoms with van der Waals surface area (Å²) < 4.78 is 0.669. The molecule has 1 amide bonds. The van der Waals surface area contributed by atoms with Gasteiger partial charge in [-0.1, -0.05) is 29.8 Å². The number of aromatic carboxylic acids is 1. The van der Waals surface area contributed by atoms with Gasteiger partial charge in [-0.3, -0.25) is 4.79 Å². The van der Waals surface area contributed by atoms with Crippen LogP contribution in [0.3, 0.4) is 0 Å². The van der Waals surface area contributed by atoms with Gasteiger partial charge in [0.05, 0.1) is 22.4 Å². The number of hydrogen-bond donors (Lipinski definition) is 2. The predicted octanol–water partition coefficient (Wildman–Crippen LogP) is 3.52. The second-order valence-corrected chi connectivity index (χ2v) is 6.32. The highest BCUT2D eigenvalue weighted by atomic mass is 35.5. The maximum Gasteiger partial charge on any atom is 0.335 e. The Hall–Kier alpha value is -1.85. The smallest absolute Gasteiger partial charge is 0.335 e. The second kappa shape index (κ2) is 6.74. The summed E-state index contributed by atoms with van der Waals surface area (Å²) in [4.78, 5) is 24.1. The quantitative estimate of drug-likeness (QED) is 0.884. The minimum Gasteiger partial charge on any atom is -0.478 e. The number of rotatable bonds is 5. The fourth-order valence-corrected chi connectivity index (χ4v) is 3.04. The van der Waals surface area contributed by atoms with E-state index in [0.29, 0.717) is 9.90 Å². The third-order valence-electron chi connectivity index (χ3n) is 3.00. The summed E-state index contributed by atoms with van der Waals surface area (Å²) in [5.41, 5.74) is 0.651. The van der Waals surface area contributed by atoms with E-state index < -0.39 is 5.97 Å². The molecule has 21 heavy (non-hydrogen) atoms. The number of halogens is 1. The molecule has 2 aromatic rings. The zero-order chi connectivity index (χ0) is 15.4. The van der Waals surface area contributed by atoms with E-state index in [0.717, 1.165) is 4.88 Å². The Morgan fingerprint density at radius 2 is 2.00 bits per heavy atom. The Labute approximate surface area is 131 Å². The highest BCUT2D eigenvalue weighted by molar-refractivity contribution is 7.16. The Morgan fingerprint density at radius 3 is 2.62 bits per heavy atom. The second-order valence-electron chi connectivity index (χ2n) is 4.57. The molecule has 0 spiro atoms. The van der Waals surface area contributed by atoms with Crippen LogP contribution in [0.4, 0.5) is 0 Å². The average molecular weight is 324 g/mol. The van der Waals surface area contributed by atoms with Gasteiger partial charge in [0.2, 0.25) is 5.91 Å². The van der Waals surface area contributed by atoms with Crippen LogP contribution in [0, 0.1) is 0 Å². The van der Waals surface area contributed by atoms with E-state index in [2.05, 4.69) is 5.32 Å². The van der Waals surface area contributed by atoms with Gasteiger partial charge < -0.3 is 10.4 Å².